The van der Waals surface area contributed by atoms with Gasteiger partial charge in [-0.15, -0.1) is 0 Å². The van der Waals surface area contributed by atoms with Crippen LogP contribution in [0.2, 0.25) is 0 Å². The van der Waals surface area contributed by atoms with E-state index in [0.29, 0.717) is 17.4 Å². The molecule has 2 saturated heterocycles. The van der Waals surface area contributed by atoms with Crippen molar-refractivity contribution in [2.75, 3.05) is 19.6 Å². The molecular formula is C22H26N2O4. The monoisotopic (exact) mass is 382 g/mol. The lowest BCUT2D eigenvalue weighted by molar-refractivity contribution is -0.134. The topological polar surface area (TPSA) is 89.9 Å². The van der Waals surface area contributed by atoms with Gasteiger partial charge in [-0.25, -0.2) is 0 Å². The lowest BCUT2D eigenvalue weighted by atomic mass is 9.89. The molecule has 0 saturated carbocycles. The first-order valence-corrected chi connectivity index (χ1v) is 9.44. The van der Waals surface area contributed by atoms with Crippen LogP contribution < -0.4 is 5.32 Å². The van der Waals surface area contributed by atoms with Crippen molar-refractivity contribution in [3.05, 3.63) is 65.2 Å². The lowest BCUT2D eigenvalue weighted by Gasteiger charge is -2.28. The van der Waals surface area contributed by atoms with E-state index in [2.05, 4.69) is 17.4 Å². The maximum absolute atomic E-state index is 13.1. The van der Waals surface area contributed by atoms with E-state index in [9.17, 15) is 9.90 Å². The molecule has 6 heteroatoms. The Morgan fingerprint density at radius 1 is 1.11 bits per heavy atom. The number of aromatic hydroxyl groups is 1. The number of hydrogen-bond acceptors (Lipinski definition) is 4. The van der Waals surface area contributed by atoms with Gasteiger partial charge in [-0.3, -0.25) is 9.59 Å². The zero-order valence-corrected chi connectivity index (χ0v) is 16.1. The van der Waals surface area contributed by atoms with Crippen molar-refractivity contribution in [2.45, 2.75) is 19.9 Å². The Hall–Kier alpha value is -2.86. The smallest absolute Gasteiger partial charge is 0.300 e. The summed E-state index contributed by atoms with van der Waals surface area (Å²) in [5, 5.41) is 20.6. The Bertz CT molecular complexity index is 849. The summed E-state index contributed by atoms with van der Waals surface area (Å²) >= 11 is 0. The van der Waals surface area contributed by atoms with Crippen LogP contribution in [0.4, 0.5) is 0 Å². The molecule has 2 aliphatic rings. The second-order valence-electron chi connectivity index (χ2n) is 7.42. The summed E-state index contributed by atoms with van der Waals surface area (Å²) in [4.78, 5) is 24.2. The van der Waals surface area contributed by atoms with Crippen LogP contribution in [-0.2, 0) is 4.79 Å². The van der Waals surface area contributed by atoms with Gasteiger partial charge in [0, 0.05) is 38.0 Å². The Labute approximate surface area is 164 Å². The fraction of sp³-hybridized carbons (Fsp3) is 0.364. The third-order valence-corrected chi connectivity index (χ3v) is 5.41. The van der Waals surface area contributed by atoms with E-state index in [1.165, 1.54) is 5.56 Å². The number of carbonyl (C=O) groups excluding carboxylic acids is 1. The first kappa shape index (κ1) is 19.9. The average molecular weight is 382 g/mol. The zero-order valence-electron chi connectivity index (χ0n) is 16.1. The summed E-state index contributed by atoms with van der Waals surface area (Å²) in [6, 6.07) is 15.6. The highest BCUT2D eigenvalue weighted by Crippen LogP contribution is 2.43. The first-order valence-electron chi connectivity index (χ1n) is 9.44. The minimum absolute atomic E-state index is 0.0568. The van der Waals surface area contributed by atoms with Gasteiger partial charge < -0.3 is 20.4 Å². The van der Waals surface area contributed by atoms with Crippen molar-refractivity contribution in [2.24, 2.45) is 11.8 Å². The van der Waals surface area contributed by atoms with Crippen molar-refractivity contribution in [3.8, 4) is 5.75 Å². The number of carboxylic acid groups (broad SMARTS) is 1. The quantitative estimate of drug-likeness (QED) is 0.743. The van der Waals surface area contributed by atoms with Crippen LogP contribution in [-0.4, -0.2) is 46.6 Å². The number of aliphatic carboxylic acids is 1. The molecule has 0 aliphatic carbocycles. The van der Waals surface area contributed by atoms with Crippen LogP contribution in [0.25, 0.3) is 0 Å². The summed E-state index contributed by atoms with van der Waals surface area (Å²) in [6.07, 6.45) is 0. The highest BCUT2D eigenvalue weighted by molar-refractivity contribution is 5.95. The molecule has 0 spiro atoms. The summed E-state index contributed by atoms with van der Waals surface area (Å²) < 4.78 is 0. The van der Waals surface area contributed by atoms with Crippen molar-refractivity contribution in [1.82, 2.24) is 10.2 Å². The largest absolute Gasteiger partial charge is 0.508 e. The fourth-order valence-electron chi connectivity index (χ4n) is 4.16. The predicted molar refractivity (Wildman–Crippen MR) is 106 cm³/mol. The lowest BCUT2D eigenvalue weighted by Crippen LogP contribution is -2.34. The summed E-state index contributed by atoms with van der Waals surface area (Å²) in [5.74, 6) is 0.432. The van der Waals surface area contributed by atoms with Gasteiger partial charge in [0.05, 0.1) is 6.04 Å². The molecule has 2 heterocycles. The van der Waals surface area contributed by atoms with Crippen molar-refractivity contribution in [3.63, 3.8) is 0 Å². The minimum Gasteiger partial charge on any atom is -0.508 e. The average Bonchev–Trinajstić information content (AvgIpc) is 3.24. The minimum atomic E-state index is -0.833. The molecule has 0 radical (unpaired) electrons. The molecule has 6 nitrogen and oxygen atoms in total. The Balaban J connectivity index is 0.000000516. The van der Waals surface area contributed by atoms with Gasteiger partial charge >= 0.3 is 0 Å². The molecule has 3 N–H and O–H groups in total. The van der Waals surface area contributed by atoms with E-state index in [-0.39, 0.29) is 17.7 Å². The molecule has 1 amide bonds. The van der Waals surface area contributed by atoms with Crippen molar-refractivity contribution in [1.29, 1.82) is 0 Å². The second kappa shape index (κ2) is 8.44. The van der Waals surface area contributed by atoms with Crippen LogP contribution in [0, 0.1) is 18.8 Å². The van der Waals surface area contributed by atoms with Gasteiger partial charge in [-0.2, -0.15) is 0 Å². The summed E-state index contributed by atoms with van der Waals surface area (Å²) in [7, 11) is 0. The third kappa shape index (κ3) is 4.17. The fourth-order valence-corrected chi connectivity index (χ4v) is 4.16. The van der Waals surface area contributed by atoms with E-state index in [0.717, 1.165) is 32.1 Å². The zero-order chi connectivity index (χ0) is 20.3. The molecule has 4 rings (SSSR count). The number of aryl methyl sites for hydroxylation is 1. The first-order chi connectivity index (χ1) is 13.4. The van der Waals surface area contributed by atoms with E-state index < -0.39 is 5.97 Å². The molecule has 148 valence electrons. The van der Waals surface area contributed by atoms with E-state index >= 15 is 0 Å². The maximum Gasteiger partial charge on any atom is 0.300 e. The predicted octanol–water partition coefficient (Wildman–Crippen LogP) is 2.82. The Kier molecular flexibility index (Phi) is 5.99. The number of phenols is 1. The van der Waals surface area contributed by atoms with Gasteiger partial charge in [0.25, 0.3) is 11.9 Å². The van der Waals surface area contributed by atoms with Crippen LogP contribution in [0.3, 0.4) is 0 Å². The summed E-state index contributed by atoms with van der Waals surface area (Å²) in [5.41, 5.74) is 2.59. The van der Waals surface area contributed by atoms with Gasteiger partial charge in [0.2, 0.25) is 0 Å². The number of carbonyl (C=O) groups is 2. The molecule has 3 atom stereocenters. The number of fused-ring (bicyclic) bond motifs is 1. The van der Waals surface area contributed by atoms with Gasteiger partial charge in [-0.1, -0.05) is 30.3 Å². The number of amides is 1. The molecule has 2 aromatic rings. The standard InChI is InChI=1S/C20H22N2O2.C2H4O2/c1-13-9-15(7-8-18(13)23)20(24)22-12-16-10-21-11-17(16)19(22)14-5-3-2-4-6-14;1-2(3)4/h2-9,16-17,19,21,23H,10-12H2,1H3;1H3,(H,3,4)/t16-,17-,19+;/m0./s1. The SMILES string of the molecule is CC(=O)O.Cc1cc(C(=O)N2C[C@@H]3CNC[C@@H]3[C@H]2c2ccccc2)ccc1O. The van der Waals surface area contributed by atoms with Crippen molar-refractivity contribution < 1.29 is 19.8 Å². The van der Waals surface area contributed by atoms with Gasteiger partial charge in [-0.05, 0) is 42.2 Å². The molecule has 0 bridgehead atoms. The van der Waals surface area contributed by atoms with E-state index in [1.807, 2.05) is 30.0 Å². The van der Waals surface area contributed by atoms with Crippen molar-refractivity contribution >= 4 is 11.9 Å². The van der Waals surface area contributed by atoms with Crippen LogP contribution in [0.15, 0.2) is 48.5 Å². The number of benzene rings is 2. The molecule has 2 aliphatic heterocycles. The third-order valence-electron chi connectivity index (χ3n) is 5.41. The van der Waals surface area contributed by atoms with Gasteiger partial charge in [0.15, 0.2) is 0 Å². The summed E-state index contributed by atoms with van der Waals surface area (Å²) in [6.45, 7) is 5.63. The number of nitrogens with one attached hydrogen (secondary N) is 1. The maximum atomic E-state index is 13.1. The Morgan fingerprint density at radius 3 is 2.43 bits per heavy atom. The number of likely N-dealkylation sites (tertiary alicyclic amines) is 1. The number of carboxylic acids is 1. The number of rotatable bonds is 2. The highest BCUT2D eigenvalue weighted by atomic mass is 16.4. The van der Waals surface area contributed by atoms with Crippen LogP contribution in [0.1, 0.15) is 34.5 Å². The number of hydrogen-bond donors (Lipinski definition) is 3. The molecule has 0 unspecified atom stereocenters. The highest BCUT2D eigenvalue weighted by Gasteiger charge is 2.46. The van der Waals surface area contributed by atoms with E-state index in [4.69, 9.17) is 9.90 Å². The number of phenolic OH excluding ortho intramolecular Hbond substituents is 1. The number of nitrogens with zero attached hydrogens (tertiary/aromatic N) is 1. The Morgan fingerprint density at radius 2 is 1.79 bits per heavy atom. The molecule has 0 aromatic heterocycles. The van der Waals surface area contributed by atoms with Crippen LogP contribution in [0.5, 0.6) is 5.75 Å². The normalized spacial score (nSPS) is 22.9. The molecule has 2 aromatic carbocycles. The van der Waals surface area contributed by atoms with Crippen LogP contribution >= 0.6 is 0 Å². The van der Waals surface area contributed by atoms with Gasteiger partial charge in [0.1, 0.15) is 5.75 Å². The van der Waals surface area contributed by atoms with E-state index in [1.54, 1.807) is 18.2 Å². The molecule has 28 heavy (non-hydrogen) atoms. The second-order valence-corrected chi connectivity index (χ2v) is 7.42. The molecule has 2 fully saturated rings. The molecular weight excluding hydrogens is 356 g/mol.